The van der Waals surface area contributed by atoms with Crippen LogP contribution in [0.15, 0.2) is 30.7 Å². The quantitative estimate of drug-likeness (QED) is 0.789. The molecule has 0 spiro atoms. The number of nitrogens with zero attached hydrogens (tertiary/aromatic N) is 4. The summed E-state index contributed by atoms with van der Waals surface area (Å²) in [5.41, 5.74) is 7.35. The fourth-order valence-electron chi connectivity index (χ4n) is 1.84. The Balaban J connectivity index is 2.04. The van der Waals surface area contributed by atoms with Gasteiger partial charge in [-0.3, -0.25) is 0 Å². The Kier molecular flexibility index (Phi) is 3.00. The molecule has 0 atom stereocenters. The van der Waals surface area contributed by atoms with Gasteiger partial charge in [-0.25, -0.2) is 14.6 Å². The van der Waals surface area contributed by atoms with Crippen LogP contribution in [0, 0.1) is 0 Å². The first-order chi connectivity index (χ1) is 9.15. The molecule has 3 rings (SSSR count). The molecule has 0 fully saturated rings. The number of aromatic nitrogens is 4. The number of halogens is 2. The van der Waals surface area contributed by atoms with Crippen molar-refractivity contribution in [3.05, 3.63) is 46.3 Å². The molecule has 0 aliphatic carbocycles. The topological polar surface area (TPSA) is 69.6 Å². The number of nitrogens with two attached hydrogens (primary N) is 1. The summed E-state index contributed by atoms with van der Waals surface area (Å²) in [6.45, 7) is 0.496. The molecule has 0 saturated heterocycles. The molecule has 7 heteroatoms. The van der Waals surface area contributed by atoms with Crippen LogP contribution >= 0.6 is 23.2 Å². The predicted octanol–water partition coefficient (Wildman–Crippen LogP) is 2.76. The summed E-state index contributed by atoms with van der Waals surface area (Å²) in [6.07, 6.45) is 3.06. The minimum Gasteiger partial charge on any atom is -0.383 e. The van der Waals surface area contributed by atoms with Crippen LogP contribution in [0.4, 0.5) is 5.82 Å². The van der Waals surface area contributed by atoms with E-state index < -0.39 is 0 Å². The van der Waals surface area contributed by atoms with E-state index in [0.29, 0.717) is 28.1 Å². The van der Waals surface area contributed by atoms with E-state index in [1.807, 2.05) is 6.07 Å². The average molecular weight is 294 g/mol. The molecule has 2 aromatic heterocycles. The van der Waals surface area contributed by atoms with Gasteiger partial charge in [-0.1, -0.05) is 29.3 Å². The predicted molar refractivity (Wildman–Crippen MR) is 75.3 cm³/mol. The third-order valence-electron chi connectivity index (χ3n) is 2.80. The maximum Gasteiger partial charge on any atom is 0.163 e. The summed E-state index contributed by atoms with van der Waals surface area (Å²) in [5.74, 6) is 0.415. The Labute approximate surface area is 119 Å². The molecule has 5 nitrogen and oxygen atoms in total. The van der Waals surface area contributed by atoms with E-state index in [-0.39, 0.29) is 0 Å². The molecule has 2 N–H and O–H groups in total. The molecule has 96 valence electrons. The third-order valence-corrected chi connectivity index (χ3v) is 3.39. The molecule has 0 saturated carbocycles. The number of rotatable bonds is 2. The van der Waals surface area contributed by atoms with Gasteiger partial charge in [0.2, 0.25) is 0 Å². The fraction of sp³-hybridized carbons (Fsp3) is 0.0833. The monoisotopic (exact) mass is 293 g/mol. The van der Waals surface area contributed by atoms with E-state index in [1.54, 1.807) is 23.0 Å². The van der Waals surface area contributed by atoms with E-state index in [4.69, 9.17) is 28.9 Å². The van der Waals surface area contributed by atoms with Gasteiger partial charge < -0.3 is 5.73 Å². The van der Waals surface area contributed by atoms with Crippen LogP contribution in [0.3, 0.4) is 0 Å². The Morgan fingerprint density at radius 1 is 1.21 bits per heavy atom. The van der Waals surface area contributed by atoms with Gasteiger partial charge in [-0.2, -0.15) is 5.10 Å². The van der Waals surface area contributed by atoms with Gasteiger partial charge in [-0.15, -0.1) is 0 Å². The summed E-state index contributed by atoms with van der Waals surface area (Å²) in [6, 6.07) is 5.36. The number of hydrogen-bond donors (Lipinski definition) is 1. The molecule has 0 amide bonds. The normalized spacial score (nSPS) is 11.1. The Bertz CT molecular complexity index is 753. The SMILES string of the molecule is Nc1ncnc2c1cnn2Cc1ccc(Cl)cc1Cl. The average Bonchev–Trinajstić information content (AvgIpc) is 2.78. The minimum atomic E-state index is 0.415. The van der Waals surface area contributed by atoms with Gasteiger partial charge in [0.05, 0.1) is 18.1 Å². The molecule has 0 aliphatic rings. The summed E-state index contributed by atoms with van der Waals surface area (Å²) in [4.78, 5) is 8.11. The van der Waals surface area contributed by atoms with Crippen molar-refractivity contribution in [1.82, 2.24) is 19.7 Å². The molecular weight excluding hydrogens is 285 g/mol. The van der Waals surface area contributed by atoms with Gasteiger partial charge in [0.25, 0.3) is 0 Å². The van der Waals surface area contributed by atoms with E-state index in [9.17, 15) is 0 Å². The Morgan fingerprint density at radius 3 is 2.84 bits per heavy atom. The Hall–Kier alpha value is -1.85. The van der Waals surface area contributed by atoms with Crippen molar-refractivity contribution in [2.45, 2.75) is 6.54 Å². The van der Waals surface area contributed by atoms with Crippen LogP contribution in [-0.4, -0.2) is 19.7 Å². The lowest BCUT2D eigenvalue weighted by atomic mass is 10.2. The van der Waals surface area contributed by atoms with Crippen molar-refractivity contribution >= 4 is 40.1 Å². The number of nitrogen functional groups attached to an aromatic ring is 1. The number of fused-ring (bicyclic) bond motifs is 1. The summed E-state index contributed by atoms with van der Waals surface area (Å²) < 4.78 is 1.72. The molecule has 0 aliphatic heterocycles. The van der Waals surface area contributed by atoms with Gasteiger partial charge >= 0.3 is 0 Å². The Morgan fingerprint density at radius 2 is 2.05 bits per heavy atom. The van der Waals surface area contributed by atoms with Gasteiger partial charge in [0.1, 0.15) is 12.1 Å². The van der Waals surface area contributed by atoms with E-state index >= 15 is 0 Å². The van der Waals surface area contributed by atoms with Crippen molar-refractivity contribution in [3.63, 3.8) is 0 Å². The van der Waals surface area contributed by atoms with E-state index in [0.717, 1.165) is 10.9 Å². The first-order valence-corrected chi connectivity index (χ1v) is 6.26. The van der Waals surface area contributed by atoms with Crippen LogP contribution in [0.5, 0.6) is 0 Å². The lowest BCUT2D eigenvalue weighted by Gasteiger charge is -2.06. The summed E-state index contributed by atoms with van der Waals surface area (Å²) in [7, 11) is 0. The van der Waals surface area contributed by atoms with Crippen molar-refractivity contribution in [2.75, 3.05) is 5.73 Å². The number of anilines is 1. The highest BCUT2D eigenvalue weighted by Crippen LogP contribution is 2.23. The van der Waals surface area contributed by atoms with E-state index in [1.165, 1.54) is 6.33 Å². The molecule has 0 radical (unpaired) electrons. The van der Waals surface area contributed by atoms with Crippen LogP contribution in [-0.2, 0) is 6.54 Å². The van der Waals surface area contributed by atoms with Crippen LogP contribution in [0.2, 0.25) is 10.0 Å². The largest absolute Gasteiger partial charge is 0.383 e. The highest BCUT2D eigenvalue weighted by atomic mass is 35.5. The fourth-order valence-corrected chi connectivity index (χ4v) is 2.31. The number of benzene rings is 1. The molecule has 3 aromatic rings. The van der Waals surface area contributed by atoms with Crippen molar-refractivity contribution < 1.29 is 0 Å². The van der Waals surface area contributed by atoms with Gasteiger partial charge in [0.15, 0.2) is 5.65 Å². The molecule has 1 aromatic carbocycles. The molecule has 19 heavy (non-hydrogen) atoms. The lowest BCUT2D eigenvalue weighted by molar-refractivity contribution is 0.704. The standard InChI is InChI=1S/C12H9Cl2N5/c13-8-2-1-7(10(14)3-8)5-19-12-9(4-18-19)11(15)16-6-17-12/h1-4,6H,5H2,(H2,15,16,17). The summed E-state index contributed by atoms with van der Waals surface area (Å²) >= 11 is 12.0. The number of hydrogen-bond acceptors (Lipinski definition) is 4. The first-order valence-electron chi connectivity index (χ1n) is 5.51. The second kappa shape index (κ2) is 4.68. The maximum atomic E-state index is 6.15. The molecule has 2 heterocycles. The van der Waals surface area contributed by atoms with Crippen molar-refractivity contribution in [3.8, 4) is 0 Å². The highest BCUT2D eigenvalue weighted by Gasteiger charge is 2.09. The first kappa shape index (κ1) is 12.2. The zero-order chi connectivity index (χ0) is 13.4. The molecule has 0 unspecified atom stereocenters. The molecular formula is C12H9Cl2N5. The van der Waals surface area contributed by atoms with Crippen LogP contribution in [0.1, 0.15) is 5.56 Å². The zero-order valence-corrected chi connectivity index (χ0v) is 11.2. The zero-order valence-electron chi connectivity index (χ0n) is 9.72. The summed E-state index contributed by atoms with van der Waals surface area (Å²) in [5, 5.41) is 6.18. The second-order valence-corrected chi connectivity index (χ2v) is 4.88. The van der Waals surface area contributed by atoms with Crippen molar-refractivity contribution in [2.24, 2.45) is 0 Å². The van der Waals surface area contributed by atoms with Gasteiger partial charge in [-0.05, 0) is 17.7 Å². The maximum absolute atomic E-state index is 6.15. The smallest absolute Gasteiger partial charge is 0.163 e. The minimum absolute atomic E-state index is 0.415. The van der Waals surface area contributed by atoms with Crippen LogP contribution < -0.4 is 5.73 Å². The molecule has 0 bridgehead atoms. The van der Waals surface area contributed by atoms with Gasteiger partial charge in [0, 0.05) is 10.0 Å². The second-order valence-electron chi connectivity index (χ2n) is 4.03. The lowest BCUT2D eigenvalue weighted by Crippen LogP contribution is -2.03. The van der Waals surface area contributed by atoms with Crippen molar-refractivity contribution in [1.29, 1.82) is 0 Å². The van der Waals surface area contributed by atoms with Crippen LogP contribution in [0.25, 0.3) is 11.0 Å². The van der Waals surface area contributed by atoms with E-state index in [2.05, 4.69) is 15.1 Å². The highest BCUT2D eigenvalue weighted by molar-refractivity contribution is 6.35. The third kappa shape index (κ3) is 2.22.